The van der Waals surface area contributed by atoms with E-state index in [1.54, 1.807) is 12.1 Å². The molecule has 0 aliphatic heterocycles. The molecule has 0 unspecified atom stereocenters. The van der Waals surface area contributed by atoms with Crippen LogP contribution in [-0.4, -0.2) is 41.7 Å². The first-order valence-electron chi connectivity index (χ1n) is 5.29. The Labute approximate surface area is 112 Å². The summed E-state index contributed by atoms with van der Waals surface area (Å²) in [6, 6.07) is 3.45. The van der Waals surface area contributed by atoms with Crippen LogP contribution >= 0.6 is 15.9 Å². The number of nitrogens with one attached hydrogen (secondary N) is 1. The standard InChI is InChI=1S/C11H13BrN2O4/c12-8-2-1-4-13-10(8)11(17)14-5-7-18-6-3-9(15)16/h1-2,4H,3,5-7H2,(H,14,17)(H,15,16). The summed E-state index contributed by atoms with van der Waals surface area (Å²) in [5, 5.41) is 11.0. The number of hydrogen-bond acceptors (Lipinski definition) is 4. The molecule has 98 valence electrons. The molecule has 1 aromatic heterocycles. The highest BCUT2D eigenvalue weighted by atomic mass is 79.9. The van der Waals surface area contributed by atoms with E-state index in [-0.39, 0.29) is 25.5 Å². The van der Waals surface area contributed by atoms with Gasteiger partial charge in [-0.25, -0.2) is 4.98 Å². The maximum Gasteiger partial charge on any atom is 0.305 e. The number of ether oxygens (including phenoxy) is 1. The summed E-state index contributed by atoms with van der Waals surface area (Å²) in [6.07, 6.45) is 1.49. The summed E-state index contributed by atoms with van der Waals surface area (Å²) in [6.45, 7) is 0.712. The van der Waals surface area contributed by atoms with Crippen molar-refractivity contribution >= 4 is 27.8 Å². The largest absolute Gasteiger partial charge is 0.481 e. The number of carbonyl (C=O) groups is 2. The topological polar surface area (TPSA) is 88.5 Å². The van der Waals surface area contributed by atoms with E-state index >= 15 is 0 Å². The molecule has 0 spiro atoms. The number of hydrogen-bond donors (Lipinski definition) is 2. The third-order valence-electron chi connectivity index (χ3n) is 1.97. The molecule has 7 heteroatoms. The van der Waals surface area contributed by atoms with Crippen molar-refractivity contribution in [2.75, 3.05) is 19.8 Å². The highest BCUT2D eigenvalue weighted by Gasteiger charge is 2.09. The van der Waals surface area contributed by atoms with Crippen molar-refractivity contribution in [3.8, 4) is 0 Å². The van der Waals surface area contributed by atoms with Gasteiger partial charge in [-0.2, -0.15) is 0 Å². The fraction of sp³-hybridized carbons (Fsp3) is 0.364. The summed E-state index contributed by atoms with van der Waals surface area (Å²) in [5.74, 6) is -1.21. The molecule has 18 heavy (non-hydrogen) atoms. The van der Waals surface area contributed by atoms with E-state index in [4.69, 9.17) is 9.84 Å². The van der Waals surface area contributed by atoms with Crippen LogP contribution in [0.1, 0.15) is 16.9 Å². The number of nitrogens with zero attached hydrogens (tertiary/aromatic N) is 1. The molecule has 0 atom stereocenters. The average Bonchev–Trinajstić information content (AvgIpc) is 2.33. The van der Waals surface area contributed by atoms with E-state index in [0.717, 1.165) is 0 Å². The smallest absolute Gasteiger partial charge is 0.305 e. The maximum absolute atomic E-state index is 11.7. The molecule has 0 saturated heterocycles. The molecule has 0 fully saturated rings. The van der Waals surface area contributed by atoms with Gasteiger partial charge in [0.05, 0.1) is 19.6 Å². The SMILES string of the molecule is O=C(O)CCOCCNC(=O)c1ncccc1Br. The first-order chi connectivity index (χ1) is 8.61. The lowest BCUT2D eigenvalue weighted by Gasteiger charge is -2.06. The zero-order valence-corrected chi connectivity index (χ0v) is 11.1. The van der Waals surface area contributed by atoms with Crippen LogP contribution in [0.3, 0.4) is 0 Å². The number of carboxylic acids is 1. The van der Waals surface area contributed by atoms with Gasteiger partial charge in [0.25, 0.3) is 5.91 Å². The van der Waals surface area contributed by atoms with Crippen LogP contribution < -0.4 is 5.32 Å². The van der Waals surface area contributed by atoms with Crippen LogP contribution in [0.2, 0.25) is 0 Å². The number of carboxylic acid groups (broad SMARTS) is 1. The number of pyridine rings is 1. The van der Waals surface area contributed by atoms with Crippen molar-refractivity contribution in [1.82, 2.24) is 10.3 Å². The molecule has 0 aromatic carbocycles. The normalized spacial score (nSPS) is 10.1. The van der Waals surface area contributed by atoms with Crippen LogP contribution in [0.25, 0.3) is 0 Å². The van der Waals surface area contributed by atoms with Crippen molar-refractivity contribution in [2.24, 2.45) is 0 Å². The summed E-state index contributed by atoms with van der Waals surface area (Å²) in [7, 11) is 0. The highest BCUT2D eigenvalue weighted by Crippen LogP contribution is 2.12. The van der Waals surface area contributed by atoms with Crippen molar-refractivity contribution in [3.05, 3.63) is 28.5 Å². The molecular weight excluding hydrogens is 304 g/mol. The van der Waals surface area contributed by atoms with Gasteiger partial charge in [0.15, 0.2) is 0 Å². The Hall–Kier alpha value is -1.47. The molecular formula is C11H13BrN2O4. The molecule has 6 nitrogen and oxygen atoms in total. The van der Waals surface area contributed by atoms with Gasteiger partial charge in [0.1, 0.15) is 5.69 Å². The molecule has 1 rings (SSSR count). The van der Waals surface area contributed by atoms with Crippen molar-refractivity contribution in [2.45, 2.75) is 6.42 Å². The van der Waals surface area contributed by atoms with Crippen LogP contribution in [0.4, 0.5) is 0 Å². The summed E-state index contributed by atoms with van der Waals surface area (Å²) >= 11 is 3.23. The van der Waals surface area contributed by atoms with E-state index in [9.17, 15) is 9.59 Å². The average molecular weight is 317 g/mol. The van der Waals surface area contributed by atoms with Crippen molar-refractivity contribution < 1.29 is 19.4 Å². The predicted octanol–water partition coefficient (Wildman–Crippen LogP) is 1.07. The Kier molecular flexibility index (Phi) is 6.31. The second-order valence-corrected chi connectivity index (χ2v) is 4.20. The van der Waals surface area contributed by atoms with E-state index in [1.807, 2.05) is 0 Å². The Morgan fingerprint density at radius 2 is 2.22 bits per heavy atom. The molecule has 1 amide bonds. The number of carbonyl (C=O) groups excluding carboxylic acids is 1. The van der Waals surface area contributed by atoms with Crippen LogP contribution in [0.5, 0.6) is 0 Å². The number of amides is 1. The van der Waals surface area contributed by atoms with Crippen LogP contribution in [0, 0.1) is 0 Å². The molecule has 0 bridgehead atoms. The van der Waals surface area contributed by atoms with E-state index < -0.39 is 5.97 Å². The van der Waals surface area contributed by atoms with E-state index in [0.29, 0.717) is 16.7 Å². The van der Waals surface area contributed by atoms with Crippen LogP contribution in [0.15, 0.2) is 22.8 Å². The quantitative estimate of drug-likeness (QED) is 0.734. The Bertz CT molecular complexity index is 425. The predicted molar refractivity (Wildman–Crippen MR) is 67.3 cm³/mol. The molecule has 1 heterocycles. The van der Waals surface area contributed by atoms with E-state index in [2.05, 4.69) is 26.2 Å². The fourth-order valence-corrected chi connectivity index (χ4v) is 1.57. The van der Waals surface area contributed by atoms with Gasteiger partial charge in [-0.1, -0.05) is 0 Å². The van der Waals surface area contributed by atoms with Gasteiger partial charge in [-0.15, -0.1) is 0 Å². The number of aromatic nitrogens is 1. The molecule has 1 aromatic rings. The number of aliphatic carboxylic acids is 1. The zero-order chi connectivity index (χ0) is 13.4. The minimum Gasteiger partial charge on any atom is -0.481 e. The highest BCUT2D eigenvalue weighted by molar-refractivity contribution is 9.10. The molecule has 0 aliphatic rings. The first-order valence-corrected chi connectivity index (χ1v) is 6.09. The molecule has 2 N–H and O–H groups in total. The zero-order valence-electron chi connectivity index (χ0n) is 9.56. The van der Waals surface area contributed by atoms with Gasteiger partial charge in [0.2, 0.25) is 0 Å². The van der Waals surface area contributed by atoms with Crippen molar-refractivity contribution in [1.29, 1.82) is 0 Å². The van der Waals surface area contributed by atoms with Gasteiger partial charge in [-0.3, -0.25) is 9.59 Å². The lowest BCUT2D eigenvalue weighted by atomic mass is 10.3. The number of rotatable bonds is 7. The lowest BCUT2D eigenvalue weighted by molar-refractivity contribution is -0.138. The Morgan fingerprint density at radius 3 is 2.89 bits per heavy atom. The summed E-state index contributed by atoms with van der Waals surface area (Å²) in [4.78, 5) is 25.8. The van der Waals surface area contributed by atoms with Gasteiger partial charge in [-0.05, 0) is 28.1 Å². The van der Waals surface area contributed by atoms with Gasteiger partial charge < -0.3 is 15.2 Å². The Morgan fingerprint density at radius 1 is 1.44 bits per heavy atom. The fourth-order valence-electron chi connectivity index (χ4n) is 1.13. The second-order valence-electron chi connectivity index (χ2n) is 3.35. The molecule has 0 aliphatic carbocycles. The van der Waals surface area contributed by atoms with Gasteiger partial charge >= 0.3 is 5.97 Å². The van der Waals surface area contributed by atoms with Crippen LogP contribution in [-0.2, 0) is 9.53 Å². The third-order valence-corrected chi connectivity index (χ3v) is 2.61. The number of halogens is 1. The minimum absolute atomic E-state index is 0.0419. The third kappa shape index (κ3) is 5.24. The summed E-state index contributed by atoms with van der Waals surface area (Å²) < 4.78 is 5.65. The maximum atomic E-state index is 11.7. The lowest BCUT2D eigenvalue weighted by Crippen LogP contribution is -2.28. The molecule has 0 radical (unpaired) electrons. The van der Waals surface area contributed by atoms with Gasteiger partial charge in [0, 0.05) is 17.2 Å². The van der Waals surface area contributed by atoms with E-state index in [1.165, 1.54) is 6.20 Å². The molecule has 0 saturated carbocycles. The Balaban J connectivity index is 2.22. The van der Waals surface area contributed by atoms with Crippen molar-refractivity contribution in [3.63, 3.8) is 0 Å². The summed E-state index contributed by atoms with van der Waals surface area (Å²) in [5.41, 5.74) is 0.308. The first kappa shape index (κ1) is 14.6. The monoisotopic (exact) mass is 316 g/mol. The minimum atomic E-state index is -0.906. The second kappa shape index (κ2) is 7.78.